The average Bonchev–Trinajstić information content (AvgIpc) is 2.43. The second-order valence-corrected chi connectivity index (χ2v) is 6.92. The molecule has 0 aliphatic carbocycles. The van der Waals surface area contributed by atoms with Crippen LogP contribution < -0.4 is 10.1 Å². The number of hydrogen-bond donors (Lipinski definition) is 1. The number of pyridine rings is 1. The molecule has 0 aliphatic heterocycles. The molecular weight excluding hydrogens is 328 g/mol. The summed E-state index contributed by atoms with van der Waals surface area (Å²) in [5.41, 5.74) is 2.20. The molecular formula is C17H21BrN2O. The molecule has 4 heteroatoms. The third-order valence-electron chi connectivity index (χ3n) is 2.88. The molecule has 2 aromatic rings. The number of nitrogens with one attached hydrogen (secondary N) is 1. The number of rotatable bonds is 5. The molecule has 0 radical (unpaired) electrons. The van der Waals surface area contributed by atoms with Gasteiger partial charge >= 0.3 is 0 Å². The van der Waals surface area contributed by atoms with Gasteiger partial charge in [0, 0.05) is 28.8 Å². The Bertz CT molecular complexity index is 593. The molecule has 0 saturated heterocycles. The van der Waals surface area contributed by atoms with E-state index < -0.39 is 0 Å². The highest BCUT2D eigenvalue weighted by atomic mass is 79.9. The minimum Gasteiger partial charge on any atom is -0.489 e. The summed E-state index contributed by atoms with van der Waals surface area (Å²) >= 11 is 3.47. The minimum atomic E-state index is 0.0782. The summed E-state index contributed by atoms with van der Waals surface area (Å²) in [4.78, 5) is 4.36. The van der Waals surface area contributed by atoms with Crippen LogP contribution in [-0.2, 0) is 13.2 Å². The lowest BCUT2D eigenvalue weighted by molar-refractivity contribution is 0.305. The fraction of sp³-hybridized carbons (Fsp3) is 0.353. The normalized spacial score (nSPS) is 11.4. The Morgan fingerprint density at radius 2 is 2.00 bits per heavy atom. The van der Waals surface area contributed by atoms with Crippen LogP contribution in [0, 0.1) is 0 Å². The molecule has 1 N–H and O–H groups in total. The van der Waals surface area contributed by atoms with Crippen molar-refractivity contribution in [3.05, 3.63) is 58.3 Å². The van der Waals surface area contributed by atoms with Gasteiger partial charge in [0.15, 0.2) is 0 Å². The molecule has 1 heterocycles. The Kier molecular flexibility index (Phi) is 5.37. The van der Waals surface area contributed by atoms with E-state index in [2.05, 4.69) is 53.1 Å². The number of halogens is 1. The summed E-state index contributed by atoms with van der Waals surface area (Å²) in [7, 11) is 0. The highest BCUT2D eigenvalue weighted by Gasteiger charge is 2.09. The topological polar surface area (TPSA) is 34.1 Å². The molecule has 3 nitrogen and oxygen atoms in total. The lowest BCUT2D eigenvalue weighted by Crippen LogP contribution is -2.35. The zero-order valence-corrected chi connectivity index (χ0v) is 14.3. The van der Waals surface area contributed by atoms with Gasteiger partial charge in [-0.15, -0.1) is 0 Å². The first-order valence-corrected chi connectivity index (χ1v) is 7.79. The van der Waals surface area contributed by atoms with Gasteiger partial charge in [-0.3, -0.25) is 4.98 Å². The molecule has 0 fully saturated rings. The van der Waals surface area contributed by atoms with Gasteiger partial charge in [0.05, 0.1) is 5.69 Å². The fourth-order valence-corrected chi connectivity index (χ4v) is 2.24. The van der Waals surface area contributed by atoms with Crippen molar-refractivity contribution < 1.29 is 4.74 Å². The van der Waals surface area contributed by atoms with Gasteiger partial charge in [-0.25, -0.2) is 0 Å². The van der Waals surface area contributed by atoms with Crippen LogP contribution in [0.15, 0.2) is 47.1 Å². The molecule has 0 saturated carbocycles. The van der Waals surface area contributed by atoms with Gasteiger partial charge in [-0.1, -0.05) is 28.1 Å². The molecule has 0 aliphatic rings. The maximum atomic E-state index is 5.83. The zero-order valence-electron chi connectivity index (χ0n) is 12.7. The Morgan fingerprint density at radius 3 is 2.71 bits per heavy atom. The first-order chi connectivity index (χ1) is 9.92. The van der Waals surface area contributed by atoms with Crippen molar-refractivity contribution >= 4 is 15.9 Å². The summed E-state index contributed by atoms with van der Waals surface area (Å²) in [5.74, 6) is 0.843. The largest absolute Gasteiger partial charge is 0.489 e. The predicted molar refractivity (Wildman–Crippen MR) is 89.3 cm³/mol. The first kappa shape index (κ1) is 16.0. The molecule has 1 aromatic carbocycles. The lowest BCUT2D eigenvalue weighted by Gasteiger charge is -2.20. The Hall–Kier alpha value is -1.39. The van der Waals surface area contributed by atoms with Crippen molar-refractivity contribution in [1.82, 2.24) is 10.3 Å². The summed E-state index contributed by atoms with van der Waals surface area (Å²) in [6.45, 7) is 7.70. The number of benzene rings is 1. The van der Waals surface area contributed by atoms with E-state index in [4.69, 9.17) is 4.74 Å². The molecule has 1 aromatic heterocycles. The van der Waals surface area contributed by atoms with E-state index >= 15 is 0 Å². The first-order valence-electron chi connectivity index (χ1n) is 6.99. The van der Waals surface area contributed by atoms with E-state index in [0.29, 0.717) is 6.61 Å². The molecule has 112 valence electrons. The van der Waals surface area contributed by atoms with E-state index in [1.165, 1.54) is 0 Å². The molecule has 0 unspecified atom stereocenters. The van der Waals surface area contributed by atoms with Crippen molar-refractivity contribution in [2.75, 3.05) is 0 Å². The fourth-order valence-electron chi connectivity index (χ4n) is 1.79. The molecule has 21 heavy (non-hydrogen) atoms. The van der Waals surface area contributed by atoms with Crippen molar-refractivity contribution in [3.63, 3.8) is 0 Å². The van der Waals surface area contributed by atoms with E-state index in [9.17, 15) is 0 Å². The Balaban J connectivity index is 1.95. The highest BCUT2D eigenvalue weighted by Crippen LogP contribution is 2.16. The van der Waals surface area contributed by atoms with E-state index in [1.807, 2.05) is 30.3 Å². The van der Waals surface area contributed by atoms with Crippen LogP contribution in [0.1, 0.15) is 32.0 Å². The number of ether oxygens (including phenoxy) is 1. The molecule has 0 amide bonds. The van der Waals surface area contributed by atoms with Crippen molar-refractivity contribution in [2.45, 2.75) is 39.5 Å². The number of nitrogens with zero attached hydrogens (tertiary/aromatic N) is 1. The van der Waals surface area contributed by atoms with Crippen molar-refractivity contribution in [3.8, 4) is 5.75 Å². The van der Waals surface area contributed by atoms with Crippen LogP contribution >= 0.6 is 15.9 Å². The molecule has 0 spiro atoms. The Morgan fingerprint density at radius 1 is 1.19 bits per heavy atom. The van der Waals surface area contributed by atoms with E-state index in [0.717, 1.165) is 28.0 Å². The van der Waals surface area contributed by atoms with Gasteiger partial charge in [0.1, 0.15) is 12.4 Å². The average molecular weight is 349 g/mol. The summed E-state index contributed by atoms with van der Waals surface area (Å²) in [6.07, 6.45) is 1.79. The zero-order chi connectivity index (χ0) is 15.3. The minimum absolute atomic E-state index is 0.0782. The lowest BCUT2D eigenvalue weighted by atomic mass is 10.1. The molecule has 2 rings (SSSR count). The summed E-state index contributed by atoms with van der Waals surface area (Å²) < 4.78 is 6.89. The third kappa shape index (κ3) is 5.86. The molecule has 0 bridgehead atoms. The van der Waals surface area contributed by atoms with Crippen LogP contribution in [0.4, 0.5) is 0 Å². The van der Waals surface area contributed by atoms with Crippen LogP contribution in [0.2, 0.25) is 0 Å². The Labute approximate surface area is 134 Å². The van der Waals surface area contributed by atoms with E-state index in [1.54, 1.807) is 6.20 Å². The third-order valence-corrected chi connectivity index (χ3v) is 3.38. The van der Waals surface area contributed by atoms with Crippen LogP contribution in [0.25, 0.3) is 0 Å². The summed E-state index contributed by atoms with van der Waals surface area (Å²) in [5, 5.41) is 3.42. The van der Waals surface area contributed by atoms with Gasteiger partial charge in [-0.05, 0) is 44.5 Å². The standard InChI is InChI=1S/C17H21BrN2O/c1-17(2,3)20-11-15-10-16(7-8-19-15)21-12-13-5-4-6-14(18)9-13/h4-10,20H,11-12H2,1-3H3. The van der Waals surface area contributed by atoms with Crippen LogP contribution in [-0.4, -0.2) is 10.5 Å². The second-order valence-electron chi connectivity index (χ2n) is 6.01. The maximum Gasteiger partial charge on any atom is 0.123 e. The van der Waals surface area contributed by atoms with Gasteiger partial charge in [0.2, 0.25) is 0 Å². The van der Waals surface area contributed by atoms with Gasteiger partial charge in [0.25, 0.3) is 0 Å². The van der Waals surface area contributed by atoms with Crippen molar-refractivity contribution in [1.29, 1.82) is 0 Å². The predicted octanol–water partition coefficient (Wildman–Crippen LogP) is 4.31. The van der Waals surface area contributed by atoms with Crippen molar-refractivity contribution in [2.24, 2.45) is 0 Å². The SMILES string of the molecule is CC(C)(C)NCc1cc(OCc2cccc(Br)c2)ccn1. The van der Waals surface area contributed by atoms with Gasteiger partial charge in [-0.2, -0.15) is 0 Å². The summed E-state index contributed by atoms with van der Waals surface area (Å²) in [6, 6.07) is 12.0. The number of aromatic nitrogens is 1. The number of hydrogen-bond acceptors (Lipinski definition) is 3. The van der Waals surface area contributed by atoms with E-state index in [-0.39, 0.29) is 5.54 Å². The molecule has 0 atom stereocenters. The smallest absolute Gasteiger partial charge is 0.123 e. The monoisotopic (exact) mass is 348 g/mol. The second kappa shape index (κ2) is 7.05. The highest BCUT2D eigenvalue weighted by molar-refractivity contribution is 9.10. The quantitative estimate of drug-likeness (QED) is 0.873. The maximum absolute atomic E-state index is 5.83. The van der Waals surface area contributed by atoms with Crippen LogP contribution in [0.5, 0.6) is 5.75 Å². The van der Waals surface area contributed by atoms with Gasteiger partial charge < -0.3 is 10.1 Å². The van der Waals surface area contributed by atoms with Crippen LogP contribution in [0.3, 0.4) is 0 Å².